The third kappa shape index (κ3) is 3.42. The van der Waals surface area contributed by atoms with Crippen molar-refractivity contribution in [1.82, 2.24) is 20.1 Å². The molecular weight excluding hydrogens is 309 g/mol. The quantitative estimate of drug-likeness (QED) is 0.826. The lowest BCUT2D eigenvalue weighted by Crippen LogP contribution is -2.39. The molecule has 0 bridgehead atoms. The number of hydrogen-bond donors (Lipinski definition) is 2. The van der Waals surface area contributed by atoms with Gasteiger partial charge in [-0.3, -0.25) is 10.1 Å². The smallest absolute Gasteiger partial charge is 0.318 e. The maximum absolute atomic E-state index is 13.8. The van der Waals surface area contributed by atoms with Crippen molar-refractivity contribution in [1.29, 1.82) is 0 Å². The number of urea groups is 1. The number of rotatable bonds is 4. The lowest BCUT2D eigenvalue weighted by atomic mass is 10.2. The van der Waals surface area contributed by atoms with Gasteiger partial charge in [0.05, 0.1) is 10.8 Å². The first-order valence-corrected chi connectivity index (χ1v) is 7.19. The first kappa shape index (κ1) is 16.0. The Morgan fingerprint density at radius 3 is 2.68 bits per heavy atom. The molecule has 1 heterocycles. The van der Waals surface area contributed by atoms with E-state index in [1.807, 2.05) is 5.32 Å². The van der Waals surface area contributed by atoms with Gasteiger partial charge in [-0.25, -0.2) is 9.18 Å². The molecule has 9 heteroatoms. The molecule has 7 nitrogen and oxygen atoms in total. The van der Waals surface area contributed by atoms with E-state index in [9.17, 15) is 14.0 Å². The number of primary amides is 1. The van der Waals surface area contributed by atoms with Crippen molar-refractivity contribution in [3.63, 3.8) is 0 Å². The van der Waals surface area contributed by atoms with Gasteiger partial charge in [-0.15, -0.1) is 10.2 Å². The summed E-state index contributed by atoms with van der Waals surface area (Å²) in [5.74, 6) is -0.592. The van der Waals surface area contributed by atoms with Gasteiger partial charge in [-0.2, -0.15) is 0 Å². The molecule has 1 aromatic carbocycles. The summed E-state index contributed by atoms with van der Waals surface area (Å²) < 4.78 is 15.4. The molecular formula is C13H14FN5O2S. The van der Waals surface area contributed by atoms with Crippen LogP contribution in [0, 0.1) is 5.82 Å². The second-order valence-corrected chi connectivity index (χ2v) is 5.77. The van der Waals surface area contributed by atoms with Crippen molar-refractivity contribution >= 4 is 23.7 Å². The first-order chi connectivity index (χ1) is 10.4. The largest absolute Gasteiger partial charge is 0.351 e. The van der Waals surface area contributed by atoms with Gasteiger partial charge < -0.3 is 10.3 Å². The summed E-state index contributed by atoms with van der Waals surface area (Å²) in [4.78, 5) is 22.3. The standard InChI is InChI=1S/C13H14FN5O2S/c1-7(11(20)16-12(15)21)22-13-18-17-10(19(13)2)8-5-3-4-6-9(8)14/h3-7H,1-2H3,(H3,15,16,20,21)/t7-/m0/s1. The molecule has 3 amide bonds. The normalized spacial score (nSPS) is 12.0. The predicted octanol–water partition coefficient (Wildman–Crippen LogP) is 1.30. The Morgan fingerprint density at radius 2 is 2.05 bits per heavy atom. The van der Waals surface area contributed by atoms with Gasteiger partial charge in [0.2, 0.25) is 5.91 Å². The summed E-state index contributed by atoms with van der Waals surface area (Å²) in [5.41, 5.74) is 5.21. The van der Waals surface area contributed by atoms with Crippen molar-refractivity contribution in [3.05, 3.63) is 30.1 Å². The highest BCUT2D eigenvalue weighted by atomic mass is 32.2. The van der Waals surface area contributed by atoms with E-state index in [1.54, 1.807) is 36.7 Å². The Balaban J connectivity index is 2.20. The van der Waals surface area contributed by atoms with Crippen molar-refractivity contribution in [2.75, 3.05) is 0 Å². The van der Waals surface area contributed by atoms with Crippen molar-refractivity contribution in [2.45, 2.75) is 17.3 Å². The monoisotopic (exact) mass is 323 g/mol. The van der Waals surface area contributed by atoms with E-state index in [-0.39, 0.29) is 0 Å². The molecule has 0 fully saturated rings. The van der Waals surface area contributed by atoms with E-state index in [0.29, 0.717) is 16.5 Å². The van der Waals surface area contributed by atoms with E-state index in [1.165, 1.54) is 6.07 Å². The van der Waals surface area contributed by atoms with Gasteiger partial charge >= 0.3 is 6.03 Å². The second-order valence-electron chi connectivity index (χ2n) is 4.46. The minimum Gasteiger partial charge on any atom is -0.351 e. The number of carbonyl (C=O) groups excluding carboxylic acids is 2. The highest BCUT2D eigenvalue weighted by molar-refractivity contribution is 8.00. The maximum atomic E-state index is 13.8. The fourth-order valence-corrected chi connectivity index (χ4v) is 2.54. The molecule has 2 rings (SSSR count). The van der Waals surface area contributed by atoms with Gasteiger partial charge in [0.15, 0.2) is 11.0 Å². The first-order valence-electron chi connectivity index (χ1n) is 6.31. The molecule has 1 aromatic heterocycles. The van der Waals surface area contributed by atoms with Crippen LogP contribution in [0.3, 0.4) is 0 Å². The zero-order valence-electron chi connectivity index (χ0n) is 11.9. The summed E-state index contributed by atoms with van der Waals surface area (Å²) >= 11 is 1.09. The highest BCUT2D eigenvalue weighted by Gasteiger charge is 2.21. The molecule has 3 N–H and O–H groups in total. The topological polar surface area (TPSA) is 103 Å². The third-order valence-electron chi connectivity index (χ3n) is 2.85. The minimum absolute atomic E-state index is 0.318. The lowest BCUT2D eigenvalue weighted by molar-refractivity contribution is -0.119. The zero-order valence-corrected chi connectivity index (χ0v) is 12.7. The van der Waals surface area contributed by atoms with Crippen LogP contribution in [0.1, 0.15) is 6.92 Å². The van der Waals surface area contributed by atoms with Gasteiger partial charge in [-0.05, 0) is 19.1 Å². The zero-order chi connectivity index (χ0) is 16.3. The SMILES string of the molecule is C[C@H](Sc1nnc(-c2ccccc2F)n1C)C(=O)NC(N)=O. The fraction of sp³-hybridized carbons (Fsp3) is 0.231. The minimum atomic E-state index is -0.914. The Labute approximate surface area is 130 Å². The molecule has 0 aliphatic carbocycles. The molecule has 0 saturated heterocycles. The van der Waals surface area contributed by atoms with Gasteiger partial charge in [0, 0.05) is 7.05 Å². The van der Waals surface area contributed by atoms with E-state index in [0.717, 1.165) is 11.8 Å². The number of amides is 3. The Bertz CT molecular complexity index is 718. The maximum Gasteiger partial charge on any atom is 0.318 e. The molecule has 0 spiro atoms. The number of carbonyl (C=O) groups is 2. The van der Waals surface area contributed by atoms with Crippen LogP contribution in [0.4, 0.5) is 9.18 Å². The average molecular weight is 323 g/mol. The summed E-state index contributed by atoms with van der Waals surface area (Å²) in [6.45, 7) is 1.60. The van der Waals surface area contributed by atoms with Gasteiger partial charge in [0.1, 0.15) is 5.82 Å². The van der Waals surface area contributed by atoms with E-state index >= 15 is 0 Å². The number of nitrogens with zero attached hydrogens (tertiary/aromatic N) is 3. The fourth-order valence-electron chi connectivity index (χ4n) is 1.73. The predicted molar refractivity (Wildman–Crippen MR) is 79.4 cm³/mol. The van der Waals surface area contributed by atoms with Crippen LogP contribution in [0.15, 0.2) is 29.4 Å². The Morgan fingerprint density at radius 1 is 1.36 bits per heavy atom. The molecule has 0 saturated carbocycles. The van der Waals surface area contributed by atoms with Crippen molar-refractivity contribution in [2.24, 2.45) is 12.8 Å². The van der Waals surface area contributed by atoms with E-state index in [2.05, 4.69) is 10.2 Å². The Hall–Kier alpha value is -2.42. The number of hydrogen-bond acceptors (Lipinski definition) is 5. The van der Waals surface area contributed by atoms with Crippen LogP contribution in [0.25, 0.3) is 11.4 Å². The second kappa shape index (κ2) is 6.56. The van der Waals surface area contributed by atoms with Gasteiger partial charge in [0.25, 0.3) is 0 Å². The number of nitrogens with two attached hydrogens (primary N) is 1. The van der Waals surface area contributed by atoms with Gasteiger partial charge in [-0.1, -0.05) is 23.9 Å². The van der Waals surface area contributed by atoms with Crippen LogP contribution in [-0.4, -0.2) is 32.0 Å². The van der Waals surface area contributed by atoms with Crippen LogP contribution in [0.5, 0.6) is 0 Å². The molecule has 0 radical (unpaired) electrons. The number of imide groups is 1. The van der Waals surface area contributed by atoms with Crippen LogP contribution < -0.4 is 11.1 Å². The van der Waals surface area contributed by atoms with Crippen molar-refractivity contribution < 1.29 is 14.0 Å². The average Bonchev–Trinajstić information content (AvgIpc) is 2.80. The van der Waals surface area contributed by atoms with E-state index < -0.39 is 23.0 Å². The summed E-state index contributed by atoms with van der Waals surface area (Å²) in [6, 6.07) is 5.29. The third-order valence-corrected chi connectivity index (χ3v) is 3.98. The molecule has 116 valence electrons. The summed E-state index contributed by atoms with van der Waals surface area (Å²) in [6.07, 6.45) is 0. The number of thioether (sulfide) groups is 1. The highest BCUT2D eigenvalue weighted by Crippen LogP contribution is 2.26. The number of benzene rings is 1. The molecule has 22 heavy (non-hydrogen) atoms. The van der Waals surface area contributed by atoms with Crippen LogP contribution in [-0.2, 0) is 11.8 Å². The molecule has 0 aliphatic heterocycles. The van der Waals surface area contributed by atoms with Crippen LogP contribution >= 0.6 is 11.8 Å². The molecule has 0 aliphatic rings. The number of nitrogens with one attached hydrogen (secondary N) is 1. The summed E-state index contributed by atoms with van der Waals surface area (Å²) in [5, 5.41) is 9.70. The lowest BCUT2D eigenvalue weighted by Gasteiger charge is -2.09. The molecule has 2 aromatic rings. The molecule has 0 unspecified atom stereocenters. The van der Waals surface area contributed by atoms with E-state index in [4.69, 9.17) is 5.73 Å². The number of halogens is 1. The summed E-state index contributed by atoms with van der Waals surface area (Å²) in [7, 11) is 1.67. The number of aromatic nitrogens is 3. The molecule has 1 atom stereocenters. The van der Waals surface area contributed by atoms with Crippen molar-refractivity contribution in [3.8, 4) is 11.4 Å². The Kier molecular flexibility index (Phi) is 4.76. The van der Waals surface area contributed by atoms with Crippen LogP contribution in [0.2, 0.25) is 0 Å².